The van der Waals surface area contributed by atoms with Gasteiger partial charge < -0.3 is 33.3 Å². The maximum Gasteiger partial charge on any atom is 0.330 e. The van der Waals surface area contributed by atoms with Crippen molar-refractivity contribution in [1.82, 2.24) is 19.1 Å². The number of H-pyrrole nitrogens is 2. The van der Waals surface area contributed by atoms with Gasteiger partial charge in [0.2, 0.25) is 0 Å². The van der Waals surface area contributed by atoms with Gasteiger partial charge in [0.05, 0.1) is 32.0 Å². The number of ether oxygens (including phenoxy) is 2. The fourth-order valence-corrected chi connectivity index (χ4v) is 7.44. The van der Waals surface area contributed by atoms with Crippen LogP contribution in [0.4, 0.5) is 0 Å². The van der Waals surface area contributed by atoms with Crippen molar-refractivity contribution in [2.45, 2.75) is 109 Å². The van der Waals surface area contributed by atoms with Crippen LogP contribution in [0.5, 0.6) is 0 Å². The molecule has 0 saturated carbocycles. The van der Waals surface area contributed by atoms with Crippen LogP contribution in [0.2, 0.25) is 0 Å². The average molecular weight is 675 g/mol. The Labute approximate surface area is 264 Å². The summed E-state index contributed by atoms with van der Waals surface area (Å²) in [5.41, 5.74) is -1.72. The standard InChI is InChI=1S/C28H43N4O11PS/c1-4-5-6-7-8-9-10-39-44(45,40-16-22-19(34)11-23(42-22)31-13-17(2)25(35)29-27(31)37)43-20-12-24(41-21(20)15-33)32-14-18(3)26(36)30-28(32)38/h13-14,19-24,33-34H,4-12,15-16H2,1-3H3,(H,29,35,37)(H,30,36,38)/t19?,20?,21-,22-,23-,24-,44?/m1/s1. The van der Waals surface area contributed by atoms with E-state index in [1.165, 1.54) is 21.5 Å². The normalized spacial score (nSPS) is 26.3. The van der Waals surface area contributed by atoms with E-state index in [-0.39, 0.29) is 26.1 Å². The maximum atomic E-state index is 12.5. The number of rotatable bonds is 16. The minimum atomic E-state index is -3.53. The van der Waals surface area contributed by atoms with Gasteiger partial charge in [-0.2, -0.15) is 0 Å². The highest BCUT2D eigenvalue weighted by Gasteiger charge is 2.42. The Morgan fingerprint density at radius 1 is 0.889 bits per heavy atom. The molecule has 2 aromatic rings. The Bertz CT molecular complexity index is 1570. The zero-order valence-electron chi connectivity index (χ0n) is 25.7. The lowest BCUT2D eigenvalue weighted by atomic mass is 10.1. The monoisotopic (exact) mass is 674 g/mol. The van der Waals surface area contributed by atoms with Gasteiger partial charge in [-0.1, -0.05) is 39.0 Å². The molecule has 0 bridgehead atoms. The number of unbranched alkanes of at least 4 members (excludes halogenated alkanes) is 5. The first-order chi connectivity index (χ1) is 21.4. The Hall–Kier alpha value is -2.27. The molecule has 3 unspecified atom stereocenters. The van der Waals surface area contributed by atoms with Crippen molar-refractivity contribution in [1.29, 1.82) is 0 Å². The summed E-state index contributed by atoms with van der Waals surface area (Å²) in [6.45, 7) is 1.32. The summed E-state index contributed by atoms with van der Waals surface area (Å²) in [5.74, 6) is 0. The maximum absolute atomic E-state index is 12.5. The van der Waals surface area contributed by atoms with E-state index in [0.29, 0.717) is 17.5 Å². The van der Waals surface area contributed by atoms with Crippen LogP contribution in [0.3, 0.4) is 0 Å². The molecule has 2 saturated heterocycles. The average Bonchev–Trinajstić information content (AvgIpc) is 3.57. The lowest BCUT2D eigenvalue weighted by Gasteiger charge is -2.28. The predicted octanol–water partition coefficient (Wildman–Crippen LogP) is 1.64. The number of aryl methyl sites for hydroxylation is 2. The summed E-state index contributed by atoms with van der Waals surface area (Å²) < 4.78 is 32.6. The molecule has 2 fully saturated rings. The highest BCUT2D eigenvalue weighted by molar-refractivity contribution is 8.07. The molecule has 2 aromatic heterocycles. The molecular formula is C28H43N4O11PS. The molecule has 4 heterocycles. The molecule has 15 nitrogen and oxygen atoms in total. The second-order valence-corrected chi connectivity index (χ2v) is 14.4. The van der Waals surface area contributed by atoms with E-state index in [9.17, 15) is 29.4 Å². The van der Waals surface area contributed by atoms with E-state index >= 15 is 0 Å². The van der Waals surface area contributed by atoms with Crippen LogP contribution >= 0.6 is 6.72 Å². The summed E-state index contributed by atoms with van der Waals surface area (Å²) >= 11 is 5.79. The van der Waals surface area contributed by atoms with Crippen molar-refractivity contribution in [3.8, 4) is 0 Å². The third-order valence-corrected chi connectivity index (χ3v) is 10.3. The summed E-state index contributed by atoms with van der Waals surface area (Å²) in [6.07, 6.45) is 3.75. The zero-order valence-corrected chi connectivity index (χ0v) is 27.4. The zero-order chi connectivity index (χ0) is 32.7. The van der Waals surface area contributed by atoms with Gasteiger partial charge >= 0.3 is 18.1 Å². The highest BCUT2D eigenvalue weighted by atomic mass is 32.5. The highest BCUT2D eigenvalue weighted by Crippen LogP contribution is 2.54. The quantitative estimate of drug-likeness (QED) is 0.149. The molecule has 4 rings (SSSR count). The van der Waals surface area contributed by atoms with Crippen molar-refractivity contribution in [3.05, 3.63) is 65.2 Å². The Kier molecular flexibility index (Phi) is 12.7. The van der Waals surface area contributed by atoms with Crippen molar-refractivity contribution >= 4 is 18.5 Å². The van der Waals surface area contributed by atoms with Crippen LogP contribution in [-0.4, -0.2) is 73.6 Å². The summed E-state index contributed by atoms with van der Waals surface area (Å²) in [6, 6.07) is 0. The van der Waals surface area contributed by atoms with Gasteiger partial charge in [-0.15, -0.1) is 0 Å². The van der Waals surface area contributed by atoms with E-state index in [1.807, 2.05) is 0 Å². The molecule has 0 aliphatic carbocycles. The van der Waals surface area contributed by atoms with E-state index in [4.69, 9.17) is 34.9 Å². The van der Waals surface area contributed by atoms with Gasteiger partial charge in [-0.3, -0.25) is 28.7 Å². The fraction of sp³-hybridized carbons (Fsp3) is 0.714. The predicted molar refractivity (Wildman–Crippen MR) is 167 cm³/mol. The molecule has 17 heteroatoms. The van der Waals surface area contributed by atoms with E-state index in [1.54, 1.807) is 13.8 Å². The molecule has 7 atom stereocenters. The van der Waals surface area contributed by atoms with Crippen LogP contribution in [0.15, 0.2) is 31.6 Å². The molecule has 0 spiro atoms. The number of hydrogen-bond acceptors (Lipinski definition) is 12. The Balaban J connectivity index is 1.46. The number of aromatic amines is 2. The summed E-state index contributed by atoms with van der Waals surface area (Å²) in [5, 5.41) is 20.8. The largest absolute Gasteiger partial charge is 0.394 e. The topological polar surface area (TPSA) is 196 Å². The second kappa shape index (κ2) is 16.0. The third kappa shape index (κ3) is 9.18. The summed E-state index contributed by atoms with van der Waals surface area (Å²) in [4.78, 5) is 53.0. The minimum Gasteiger partial charge on any atom is -0.394 e. The Morgan fingerprint density at radius 2 is 1.44 bits per heavy atom. The first-order valence-corrected chi connectivity index (χ1v) is 17.8. The third-order valence-electron chi connectivity index (χ3n) is 7.89. The molecule has 4 N–H and O–H groups in total. The number of nitrogens with one attached hydrogen (secondary N) is 2. The summed E-state index contributed by atoms with van der Waals surface area (Å²) in [7, 11) is 0. The molecule has 0 amide bonds. The van der Waals surface area contributed by atoms with Crippen LogP contribution in [0, 0.1) is 13.8 Å². The van der Waals surface area contributed by atoms with Crippen LogP contribution in [0.25, 0.3) is 0 Å². The smallest absolute Gasteiger partial charge is 0.330 e. The van der Waals surface area contributed by atoms with Crippen molar-refractivity contribution in [2.24, 2.45) is 0 Å². The van der Waals surface area contributed by atoms with Crippen molar-refractivity contribution < 1.29 is 33.3 Å². The first-order valence-electron chi connectivity index (χ1n) is 15.3. The van der Waals surface area contributed by atoms with Gasteiger partial charge in [0.25, 0.3) is 11.1 Å². The van der Waals surface area contributed by atoms with E-state index in [2.05, 4.69) is 16.9 Å². The molecule has 252 valence electrons. The van der Waals surface area contributed by atoms with Crippen LogP contribution in [0.1, 0.15) is 81.9 Å². The molecule has 0 aromatic carbocycles. The van der Waals surface area contributed by atoms with Crippen molar-refractivity contribution in [2.75, 3.05) is 19.8 Å². The SMILES string of the molecule is CCCCCCCCOP(=S)(OC[C@H]1O[C@@H](n2cc(C)c(=O)[nH]c2=O)CC1O)OC1C[C@H](n2cc(C)c(=O)[nH]c2=O)O[C@@H]1CO. The van der Waals surface area contributed by atoms with Crippen LogP contribution < -0.4 is 22.5 Å². The number of aliphatic hydroxyl groups excluding tert-OH is 2. The van der Waals surface area contributed by atoms with Gasteiger partial charge in [0.1, 0.15) is 24.7 Å². The fourth-order valence-electron chi connectivity index (χ4n) is 5.27. The molecule has 0 radical (unpaired) electrons. The molecule has 2 aliphatic rings. The van der Waals surface area contributed by atoms with Gasteiger partial charge in [-0.25, -0.2) is 9.59 Å². The van der Waals surface area contributed by atoms with Crippen molar-refractivity contribution in [3.63, 3.8) is 0 Å². The number of nitrogens with zero attached hydrogens (tertiary/aromatic N) is 2. The van der Waals surface area contributed by atoms with Gasteiger partial charge in [0.15, 0.2) is 0 Å². The number of aliphatic hydroxyl groups is 2. The van der Waals surface area contributed by atoms with Gasteiger partial charge in [-0.05, 0) is 32.1 Å². The molecular weight excluding hydrogens is 631 g/mol. The first kappa shape index (κ1) is 35.6. The number of aromatic nitrogens is 4. The Morgan fingerprint density at radius 3 is 2.04 bits per heavy atom. The molecule has 45 heavy (non-hydrogen) atoms. The lowest BCUT2D eigenvalue weighted by molar-refractivity contribution is -0.0549. The van der Waals surface area contributed by atoms with Crippen LogP contribution in [-0.2, 0) is 34.9 Å². The van der Waals surface area contributed by atoms with Gasteiger partial charge in [0, 0.05) is 36.4 Å². The molecule has 2 aliphatic heterocycles. The second-order valence-electron chi connectivity index (χ2n) is 11.4. The van der Waals surface area contributed by atoms with E-state index < -0.39 is 72.7 Å². The van der Waals surface area contributed by atoms with E-state index in [0.717, 1.165) is 32.1 Å². The minimum absolute atomic E-state index is 0.0693. The number of hydrogen-bond donors (Lipinski definition) is 4. The lowest BCUT2D eigenvalue weighted by Crippen LogP contribution is -2.33.